The van der Waals surface area contributed by atoms with Gasteiger partial charge < -0.3 is 14.6 Å². The van der Waals surface area contributed by atoms with E-state index in [1.54, 1.807) is 12.1 Å². The number of sulfonamides is 1. The molecular weight excluding hydrogens is 334 g/mol. The minimum Gasteiger partial charge on any atom is -0.494 e. The molecule has 1 N–H and O–H groups in total. The van der Waals surface area contributed by atoms with Crippen molar-refractivity contribution < 1.29 is 27.8 Å². The highest BCUT2D eigenvalue weighted by molar-refractivity contribution is 7.89. The van der Waals surface area contributed by atoms with Gasteiger partial charge >= 0.3 is 5.97 Å². The zero-order valence-electron chi connectivity index (χ0n) is 13.8. The summed E-state index contributed by atoms with van der Waals surface area (Å²) < 4.78 is 36.6. The van der Waals surface area contributed by atoms with Gasteiger partial charge in [-0.3, -0.25) is 4.79 Å². The van der Waals surface area contributed by atoms with E-state index in [1.165, 1.54) is 19.2 Å². The van der Waals surface area contributed by atoms with Gasteiger partial charge in [0.2, 0.25) is 10.0 Å². The molecule has 0 spiro atoms. The van der Waals surface area contributed by atoms with Crippen molar-refractivity contribution >= 4 is 16.0 Å². The third kappa shape index (κ3) is 4.06. The number of carbonyl (C=O) groups excluding carboxylic acids is 1. The summed E-state index contributed by atoms with van der Waals surface area (Å²) in [6.45, 7) is 2.50. The molecule has 1 aliphatic heterocycles. The summed E-state index contributed by atoms with van der Waals surface area (Å²) in [6.07, 6.45) is 1.08. The first kappa shape index (κ1) is 18.7. The number of carbonyl (C=O) groups is 1. The average molecular weight is 357 g/mol. The average Bonchev–Trinajstić information content (AvgIpc) is 2.97. The maximum Gasteiger partial charge on any atom is 0.324 e. The second kappa shape index (κ2) is 7.96. The van der Waals surface area contributed by atoms with Gasteiger partial charge in [-0.25, -0.2) is 8.42 Å². The van der Waals surface area contributed by atoms with Crippen LogP contribution in [0.25, 0.3) is 0 Å². The molecule has 1 fully saturated rings. The van der Waals surface area contributed by atoms with E-state index in [4.69, 9.17) is 4.74 Å². The van der Waals surface area contributed by atoms with E-state index in [9.17, 15) is 18.3 Å². The molecule has 1 heterocycles. The summed E-state index contributed by atoms with van der Waals surface area (Å²) >= 11 is 0. The molecular formula is C16H23NO6S. The van der Waals surface area contributed by atoms with E-state index in [0.717, 1.165) is 17.1 Å². The van der Waals surface area contributed by atoms with Crippen molar-refractivity contribution in [2.45, 2.75) is 43.2 Å². The summed E-state index contributed by atoms with van der Waals surface area (Å²) in [5.74, 6) is -0.0805. The number of hydrogen-bond donors (Lipinski definition) is 1. The van der Waals surface area contributed by atoms with E-state index >= 15 is 0 Å². The summed E-state index contributed by atoms with van der Waals surface area (Å²) in [6, 6.07) is 5.05. The molecule has 8 heteroatoms. The Hall–Kier alpha value is -1.64. The second-order valence-corrected chi connectivity index (χ2v) is 7.57. The van der Waals surface area contributed by atoms with Crippen molar-refractivity contribution in [3.63, 3.8) is 0 Å². The molecule has 2 atom stereocenters. The molecule has 2 rings (SSSR count). The molecule has 1 aromatic rings. The van der Waals surface area contributed by atoms with E-state index in [2.05, 4.69) is 11.7 Å². The van der Waals surface area contributed by atoms with Crippen LogP contribution in [0.1, 0.15) is 26.2 Å². The maximum atomic E-state index is 12.7. The predicted octanol–water partition coefficient (Wildman–Crippen LogP) is 1.16. The third-order valence-corrected chi connectivity index (χ3v) is 5.79. The second-order valence-electron chi connectivity index (χ2n) is 5.68. The number of esters is 1. The molecule has 7 nitrogen and oxygen atoms in total. The number of nitrogens with zero attached hydrogens (tertiary/aromatic N) is 1. The summed E-state index contributed by atoms with van der Waals surface area (Å²) in [5, 5.41) is 9.76. The smallest absolute Gasteiger partial charge is 0.324 e. The van der Waals surface area contributed by atoms with Gasteiger partial charge in [0.1, 0.15) is 11.8 Å². The Morgan fingerprint density at radius 3 is 2.58 bits per heavy atom. The number of β-amino-alcohol motifs (C(OH)–C–C–N with tert-alkyl or cyclic N) is 1. The van der Waals surface area contributed by atoms with E-state index < -0.39 is 28.1 Å². The Kier molecular flexibility index (Phi) is 6.20. The Bertz CT molecular complexity index is 658. The standard InChI is InChI=1S/C16H23NO6S/c1-3-4-9-23-13-5-7-14(8-6-13)24(20,21)17-11-12(18)10-15(17)16(19)22-2/h5-8,12,15,18H,3-4,9-11H2,1-2H3/t12-,15-/m1/s1. The van der Waals surface area contributed by atoms with Crippen LogP contribution in [0, 0.1) is 0 Å². The molecule has 1 aromatic carbocycles. The normalized spacial score (nSPS) is 21.6. The molecule has 1 aliphatic rings. The number of aliphatic hydroxyl groups is 1. The van der Waals surface area contributed by atoms with Crippen molar-refractivity contribution in [1.29, 1.82) is 0 Å². The molecule has 134 valence electrons. The number of methoxy groups -OCH3 is 1. The number of hydrogen-bond acceptors (Lipinski definition) is 6. The molecule has 1 saturated heterocycles. The minimum absolute atomic E-state index is 0.0319. The summed E-state index contributed by atoms with van der Waals surface area (Å²) in [7, 11) is -2.71. The van der Waals surface area contributed by atoms with Crippen LogP contribution in [-0.2, 0) is 19.6 Å². The van der Waals surface area contributed by atoms with Gasteiger partial charge in [-0.1, -0.05) is 13.3 Å². The Balaban J connectivity index is 2.18. The van der Waals surface area contributed by atoms with Gasteiger partial charge in [0, 0.05) is 13.0 Å². The summed E-state index contributed by atoms with van der Waals surface area (Å²) in [5.41, 5.74) is 0. The highest BCUT2D eigenvalue weighted by Crippen LogP contribution is 2.28. The Morgan fingerprint density at radius 2 is 2.00 bits per heavy atom. The van der Waals surface area contributed by atoms with Gasteiger partial charge in [-0.2, -0.15) is 4.31 Å². The lowest BCUT2D eigenvalue weighted by Gasteiger charge is -2.21. The van der Waals surface area contributed by atoms with E-state index in [1.807, 2.05) is 0 Å². The number of unbranched alkanes of at least 4 members (excludes halogenated alkanes) is 1. The number of aliphatic hydroxyl groups excluding tert-OH is 1. The molecule has 0 bridgehead atoms. The van der Waals surface area contributed by atoms with E-state index in [0.29, 0.717) is 12.4 Å². The van der Waals surface area contributed by atoms with Gasteiger partial charge in [0.25, 0.3) is 0 Å². The lowest BCUT2D eigenvalue weighted by Crippen LogP contribution is -2.41. The topological polar surface area (TPSA) is 93.1 Å². The monoisotopic (exact) mass is 357 g/mol. The molecule has 0 aromatic heterocycles. The zero-order chi connectivity index (χ0) is 17.7. The molecule has 0 radical (unpaired) electrons. The van der Waals surface area contributed by atoms with Crippen molar-refractivity contribution in [1.82, 2.24) is 4.31 Å². The predicted molar refractivity (Wildman–Crippen MR) is 87.2 cm³/mol. The van der Waals surface area contributed by atoms with Crippen LogP contribution >= 0.6 is 0 Å². The van der Waals surface area contributed by atoms with Crippen LogP contribution in [0.5, 0.6) is 5.75 Å². The molecule has 0 amide bonds. The van der Waals surface area contributed by atoms with Crippen LogP contribution in [-0.4, -0.2) is 56.2 Å². The molecule has 0 saturated carbocycles. The quantitative estimate of drug-likeness (QED) is 0.581. The highest BCUT2D eigenvalue weighted by Gasteiger charge is 2.44. The van der Waals surface area contributed by atoms with Crippen molar-refractivity contribution in [3.05, 3.63) is 24.3 Å². The van der Waals surface area contributed by atoms with Crippen molar-refractivity contribution in [2.75, 3.05) is 20.3 Å². The first-order chi connectivity index (χ1) is 11.4. The SMILES string of the molecule is CCCCOc1ccc(S(=O)(=O)N2C[C@H](O)C[C@@H]2C(=O)OC)cc1. The van der Waals surface area contributed by atoms with Gasteiger partial charge in [0.05, 0.1) is 24.7 Å². The first-order valence-electron chi connectivity index (χ1n) is 7.90. The molecule has 0 aliphatic carbocycles. The number of benzene rings is 1. The van der Waals surface area contributed by atoms with Gasteiger partial charge in [-0.05, 0) is 30.7 Å². The van der Waals surface area contributed by atoms with Gasteiger partial charge in [-0.15, -0.1) is 0 Å². The maximum absolute atomic E-state index is 12.7. The van der Waals surface area contributed by atoms with Crippen molar-refractivity contribution in [3.8, 4) is 5.75 Å². The van der Waals surface area contributed by atoms with Crippen LogP contribution in [0.4, 0.5) is 0 Å². The lowest BCUT2D eigenvalue weighted by atomic mass is 10.2. The lowest BCUT2D eigenvalue weighted by molar-refractivity contribution is -0.144. The zero-order valence-corrected chi connectivity index (χ0v) is 14.7. The first-order valence-corrected chi connectivity index (χ1v) is 9.34. The fourth-order valence-electron chi connectivity index (χ4n) is 2.58. The van der Waals surface area contributed by atoms with E-state index in [-0.39, 0.29) is 17.9 Å². The van der Waals surface area contributed by atoms with Gasteiger partial charge in [0.15, 0.2) is 0 Å². The van der Waals surface area contributed by atoms with Crippen LogP contribution in [0.15, 0.2) is 29.2 Å². The van der Waals surface area contributed by atoms with Crippen molar-refractivity contribution in [2.24, 2.45) is 0 Å². The fraction of sp³-hybridized carbons (Fsp3) is 0.562. The number of ether oxygens (including phenoxy) is 2. The third-order valence-electron chi connectivity index (χ3n) is 3.90. The summed E-state index contributed by atoms with van der Waals surface area (Å²) in [4.78, 5) is 11.8. The van der Waals surface area contributed by atoms with Crippen LogP contribution in [0.3, 0.4) is 0 Å². The van der Waals surface area contributed by atoms with Crippen LogP contribution in [0.2, 0.25) is 0 Å². The molecule has 24 heavy (non-hydrogen) atoms. The number of rotatable bonds is 7. The fourth-order valence-corrected chi connectivity index (χ4v) is 4.20. The largest absolute Gasteiger partial charge is 0.494 e. The molecule has 0 unspecified atom stereocenters. The Labute approximate surface area is 142 Å². The van der Waals surface area contributed by atoms with Crippen LogP contribution < -0.4 is 4.74 Å². The highest BCUT2D eigenvalue weighted by atomic mass is 32.2. The minimum atomic E-state index is -3.90. The Morgan fingerprint density at radius 1 is 1.33 bits per heavy atom.